The molecule has 0 spiro atoms. The number of aromatic nitrogens is 1. The molecule has 2 heterocycles. The van der Waals surface area contributed by atoms with Gasteiger partial charge in [-0.3, -0.25) is 9.69 Å². The first-order chi connectivity index (χ1) is 7.61. The van der Waals surface area contributed by atoms with Gasteiger partial charge in [0, 0.05) is 29.5 Å². The van der Waals surface area contributed by atoms with Crippen molar-refractivity contribution in [3.8, 4) is 0 Å². The van der Waals surface area contributed by atoms with Gasteiger partial charge in [-0.25, -0.2) is 4.98 Å². The molecule has 3 nitrogen and oxygen atoms in total. The number of hydrogen-bond donors (Lipinski definition) is 0. The second-order valence-electron chi connectivity index (χ2n) is 3.69. The number of anilines is 1. The largest absolute Gasteiger partial charge is 0.296 e. The van der Waals surface area contributed by atoms with E-state index in [0.717, 1.165) is 13.9 Å². The Labute approximate surface area is 121 Å². The van der Waals surface area contributed by atoms with Crippen molar-refractivity contribution in [1.82, 2.24) is 4.98 Å². The lowest BCUT2D eigenvalue weighted by atomic mass is 10.1. The lowest BCUT2D eigenvalue weighted by Gasteiger charge is -2.16. The molecule has 1 aliphatic heterocycles. The van der Waals surface area contributed by atoms with Crippen molar-refractivity contribution < 1.29 is 4.79 Å². The van der Waals surface area contributed by atoms with Gasteiger partial charge in [-0.2, -0.15) is 0 Å². The fourth-order valence-electron chi connectivity index (χ4n) is 1.70. The molecule has 0 aliphatic carbocycles. The Morgan fingerprint density at radius 2 is 2.44 bits per heavy atom. The van der Waals surface area contributed by atoms with Crippen LogP contribution >= 0.6 is 50.1 Å². The van der Waals surface area contributed by atoms with Crippen LogP contribution in [-0.2, 0) is 4.79 Å². The zero-order valence-electron chi connectivity index (χ0n) is 8.29. The smallest absolute Gasteiger partial charge is 0.228 e. The third kappa shape index (κ3) is 2.51. The summed E-state index contributed by atoms with van der Waals surface area (Å²) in [5.74, 6) is 1.62. The summed E-state index contributed by atoms with van der Waals surface area (Å²) in [6, 6.07) is 1.95. The van der Waals surface area contributed by atoms with Gasteiger partial charge >= 0.3 is 0 Å². The highest BCUT2D eigenvalue weighted by molar-refractivity contribution is 14.1. The number of alkyl halides is 1. The lowest BCUT2D eigenvalue weighted by molar-refractivity contribution is -0.117. The summed E-state index contributed by atoms with van der Waals surface area (Å²) in [5.41, 5.74) is 0. The minimum Gasteiger partial charge on any atom is -0.296 e. The van der Waals surface area contributed by atoms with E-state index in [2.05, 4.69) is 43.5 Å². The summed E-state index contributed by atoms with van der Waals surface area (Å²) >= 11 is 11.3. The van der Waals surface area contributed by atoms with Gasteiger partial charge in [-0.1, -0.05) is 0 Å². The zero-order chi connectivity index (χ0) is 11.7. The first kappa shape index (κ1) is 12.6. The maximum atomic E-state index is 11.8. The summed E-state index contributed by atoms with van der Waals surface area (Å²) < 4.78 is 1.89. The van der Waals surface area contributed by atoms with Crippen LogP contribution in [0.3, 0.4) is 0 Å². The predicted octanol–water partition coefficient (Wildman–Crippen LogP) is 3.04. The molecule has 1 aliphatic rings. The standard InChI is InChI=1S/C10H9BrClIN2O/c11-7-2-8(13)10(14-4-7)15-5-6(3-12)1-9(15)16/h2,4,6H,1,3,5H2. The topological polar surface area (TPSA) is 33.2 Å². The molecule has 2 rings (SSSR count). The number of rotatable bonds is 2. The molecular formula is C10H9BrClIN2O. The quantitative estimate of drug-likeness (QED) is 0.550. The molecular weight excluding hydrogens is 406 g/mol. The number of carbonyl (C=O) groups excluding carboxylic acids is 1. The van der Waals surface area contributed by atoms with Crippen molar-refractivity contribution in [3.63, 3.8) is 0 Å². The SMILES string of the molecule is O=C1CC(CCl)CN1c1ncc(Br)cc1I. The molecule has 0 bridgehead atoms. The first-order valence-corrected chi connectivity index (χ1v) is 7.20. The number of pyridine rings is 1. The fraction of sp³-hybridized carbons (Fsp3) is 0.400. The molecule has 1 atom stereocenters. The third-order valence-corrected chi connectivity index (χ3v) is 4.13. The minimum atomic E-state index is 0.110. The second-order valence-corrected chi connectivity index (χ2v) is 6.07. The average molecular weight is 415 g/mol. The van der Waals surface area contributed by atoms with Crippen molar-refractivity contribution in [2.45, 2.75) is 6.42 Å². The van der Waals surface area contributed by atoms with E-state index in [0.29, 0.717) is 18.8 Å². The van der Waals surface area contributed by atoms with Crippen LogP contribution in [0.1, 0.15) is 6.42 Å². The molecule has 86 valence electrons. The Morgan fingerprint density at radius 3 is 3.00 bits per heavy atom. The maximum absolute atomic E-state index is 11.8. The van der Waals surface area contributed by atoms with Crippen LogP contribution in [0.15, 0.2) is 16.7 Å². The Balaban J connectivity index is 2.28. The van der Waals surface area contributed by atoms with Gasteiger partial charge in [0.05, 0.1) is 3.57 Å². The summed E-state index contributed by atoms with van der Waals surface area (Å²) in [6.45, 7) is 0.674. The Morgan fingerprint density at radius 1 is 1.69 bits per heavy atom. The summed E-state index contributed by atoms with van der Waals surface area (Å²) in [6.07, 6.45) is 2.23. The minimum absolute atomic E-state index is 0.110. The fourth-order valence-corrected chi connectivity index (χ4v) is 3.43. The van der Waals surface area contributed by atoms with E-state index in [4.69, 9.17) is 11.6 Å². The van der Waals surface area contributed by atoms with E-state index < -0.39 is 0 Å². The van der Waals surface area contributed by atoms with Crippen LogP contribution < -0.4 is 4.90 Å². The average Bonchev–Trinajstić information content (AvgIpc) is 2.60. The molecule has 0 saturated carbocycles. The molecule has 1 amide bonds. The van der Waals surface area contributed by atoms with E-state index in [9.17, 15) is 4.79 Å². The highest BCUT2D eigenvalue weighted by Gasteiger charge is 2.31. The van der Waals surface area contributed by atoms with E-state index >= 15 is 0 Å². The molecule has 1 saturated heterocycles. The molecule has 0 N–H and O–H groups in total. The second kappa shape index (κ2) is 5.18. The van der Waals surface area contributed by atoms with E-state index in [1.807, 2.05) is 6.07 Å². The maximum Gasteiger partial charge on any atom is 0.228 e. The van der Waals surface area contributed by atoms with Gasteiger partial charge < -0.3 is 0 Å². The first-order valence-electron chi connectivity index (χ1n) is 4.79. The summed E-state index contributed by atoms with van der Waals surface area (Å²) in [4.78, 5) is 17.8. The Kier molecular flexibility index (Phi) is 4.07. The summed E-state index contributed by atoms with van der Waals surface area (Å²) in [5, 5.41) is 0. The van der Waals surface area contributed by atoms with Crippen molar-refractivity contribution in [2.75, 3.05) is 17.3 Å². The van der Waals surface area contributed by atoms with Gasteiger partial charge in [0.15, 0.2) is 0 Å². The highest BCUT2D eigenvalue weighted by Crippen LogP contribution is 2.29. The molecule has 16 heavy (non-hydrogen) atoms. The molecule has 1 aromatic heterocycles. The molecule has 6 heteroatoms. The van der Waals surface area contributed by atoms with Crippen molar-refractivity contribution in [2.24, 2.45) is 5.92 Å². The molecule has 1 fully saturated rings. The number of nitrogens with zero attached hydrogens (tertiary/aromatic N) is 2. The van der Waals surface area contributed by atoms with Gasteiger partial charge in [0.25, 0.3) is 0 Å². The Bertz CT molecular complexity index is 429. The normalized spacial score (nSPS) is 20.6. The van der Waals surface area contributed by atoms with Crippen molar-refractivity contribution >= 4 is 61.8 Å². The van der Waals surface area contributed by atoms with Crippen LogP contribution in [0.5, 0.6) is 0 Å². The van der Waals surface area contributed by atoms with Crippen molar-refractivity contribution in [3.05, 3.63) is 20.3 Å². The number of halogens is 3. The van der Waals surface area contributed by atoms with E-state index in [1.54, 1.807) is 11.1 Å². The molecule has 1 unspecified atom stereocenters. The van der Waals surface area contributed by atoms with E-state index in [-0.39, 0.29) is 11.8 Å². The van der Waals surface area contributed by atoms with Crippen molar-refractivity contribution in [1.29, 1.82) is 0 Å². The van der Waals surface area contributed by atoms with Gasteiger partial charge in [-0.05, 0) is 50.5 Å². The third-order valence-electron chi connectivity index (χ3n) is 2.47. The van der Waals surface area contributed by atoms with E-state index in [1.165, 1.54) is 0 Å². The summed E-state index contributed by atoms with van der Waals surface area (Å²) in [7, 11) is 0. The van der Waals surface area contributed by atoms with Crippen LogP contribution in [0.25, 0.3) is 0 Å². The van der Waals surface area contributed by atoms with Gasteiger partial charge in [0.1, 0.15) is 5.82 Å². The van der Waals surface area contributed by atoms with Gasteiger partial charge in [-0.15, -0.1) is 11.6 Å². The number of carbonyl (C=O) groups is 1. The zero-order valence-corrected chi connectivity index (χ0v) is 12.8. The van der Waals surface area contributed by atoms with Crippen LogP contribution in [0.4, 0.5) is 5.82 Å². The predicted molar refractivity (Wildman–Crippen MR) is 75.8 cm³/mol. The lowest BCUT2D eigenvalue weighted by Crippen LogP contribution is -2.26. The highest BCUT2D eigenvalue weighted by atomic mass is 127. The molecule has 0 aromatic carbocycles. The Hall–Kier alpha value is 0.120. The van der Waals surface area contributed by atoms with Crippen LogP contribution in [0.2, 0.25) is 0 Å². The monoisotopic (exact) mass is 414 g/mol. The molecule has 1 aromatic rings. The van der Waals surface area contributed by atoms with Crippen LogP contribution in [-0.4, -0.2) is 23.3 Å². The number of hydrogen-bond acceptors (Lipinski definition) is 2. The number of amides is 1. The van der Waals surface area contributed by atoms with Crippen LogP contribution in [0, 0.1) is 9.49 Å². The van der Waals surface area contributed by atoms with Gasteiger partial charge in [0.2, 0.25) is 5.91 Å². The molecule has 0 radical (unpaired) electrons.